The van der Waals surface area contributed by atoms with Gasteiger partial charge in [-0.3, -0.25) is 0 Å². The SMILES string of the molecule is O=C(O[C@@H]([C@@H](O)[C@@H](O)CO)[C@@H](O)CO)c1ccc(O)cc1. The molecule has 0 spiro atoms. The molecule has 4 atom stereocenters. The Labute approximate surface area is 120 Å². The van der Waals surface area contributed by atoms with E-state index in [2.05, 4.69) is 0 Å². The summed E-state index contributed by atoms with van der Waals surface area (Å²) in [5.41, 5.74) is 0.0358. The molecule has 0 aliphatic rings. The molecule has 0 aliphatic heterocycles. The van der Waals surface area contributed by atoms with Gasteiger partial charge >= 0.3 is 5.97 Å². The van der Waals surface area contributed by atoms with Crippen LogP contribution < -0.4 is 0 Å². The Kier molecular flexibility index (Phi) is 6.53. The molecule has 1 aromatic rings. The van der Waals surface area contributed by atoms with Gasteiger partial charge in [0.15, 0.2) is 6.10 Å². The van der Waals surface area contributed by atoms with E-state index in [-0.39, 0.29) is 11.3 Å². The second kappa shape index (κ2) is 7.91. The maximum Gasteiger partial charge on any atom is 0.338 e. The third-order valence-electron chi connectivity index (χ3n) is 2.83. The maximum atomic E-state index is 11.9. The number of hydrogen-bond donors (Lipinski definition) is 6. The topological polar surface area (TPSA) is 148 Å². The summed E-state index contributed by atoms with van der Waals surface area (Å²) in [5.74, 6) is -0.995. The first-order chi connectivity index (χ1) is 9.90. The summed E-state index contributed by atoms with van der Waals surface area (Å²) in [7, 11) is 0. The summed E-state index contributed by atoms with van der Waals surface area (Å²) in [6.07, 6.45) is -6.69. The van der Waals surface area contributed by atoms with E-state index in [4.69, 9.17) is 20.1 Å². The van der Waals surface area contributed by atoms with Crippen molar-refractivity contribution >= 4 is 5.97 Å². The molecule has 0 saturated carbocycles. The van der Waals surface area contributed by atoms with Gasteiger partial charge in [-0.15, -0.1) is 0 Å². The zero-order valence-corrected chi connectivity index (χ0v) is 11.0. The first-order valence-electron chi connectivity index (χ1n) is 6.16. The van der Waals surface area contributed by atoms with E-state index < -0.39 is 43.6 Å². The molecule has 0 bridgehead atoms. The standard InChI is InChI=1S/C13H18O8/c14-5-9(17)11(19)12(10(18)6-15)21-13(20)7-1-3-8(16)4-2-7/h1-4,9-12,14-19H,5-6H2/t9-,10-,11-,12+/m0/s1. The number of hydrogen-bond acceptors (Lipinski definition) is 8. The van der Waals surface area contributed by atoms with E-state index in [0.717, 1.165) is 0 Å². The summed E-state index contributed by atoms with van der Waals surface area (Å²) >= 11 is 0. The average molecular weight is 302 g/mol. The van der Waals surface area contributed by atoms with Crippen LogP contribution in [-0.2, 0) is 4.74 Å². The second-order valence-corrected chi connectivity index (χ2v) is 4.41. The van der Waals surface area contributed by atoms with Crippen molar-refractivity contribution in [3.63, 3.8) is 0 Å². The number of benzene rings is 1. The van der Waals surface area contributed by atoms with Gasteiger partial charge in [-0.05, 0) is 24.3 Å². The molecular formula is C13H18O8. The molecule has 0 aliphatic carbocycles. The lowest BCUT2D eigenvalue weighted by Crippen LogP contribution is -2.49. The highest BCUT2D eigenvalue weighted by Crippen LogP contribution is 2.15. The van der Waals surface area contributed by atoms with E-state index in [1.165, 1.54) is 24.3 Å². The van der Waals surface area contributed by atoms with Crippen LogP contribution in [0.4, 0.5) is 0 Å². The number of carbonyl (C=O) groups is 1. The largest absolute Gasteiger partial charge is 0.508 e. The number of aliphatic hydroxyl groups excluding tert-OH is 5. The summed E-state index contributed by atoms with van der Waals surface area (Å²) in [4.78, 5) is 11.9. The van der Waals surface area contributed by atoms with Gasteiger partial charge < -0.3 is 35.4 Å². The van der Waals surface area contributed by atoms with Crippen LogP contribution in [0.5, 0.6) is 5.75 Å². The van der Waals surface area contributed by atoms with Crippen molar-refractivity contribution in [1.29, 1.82) is 0 Å². The number of aliphatic hydroxyl groups is 5. The lowest BCUT2D eigenvalue weighted by atomic mass is 10.0. The number of aromatic hydroxyl groups is 1. The fourth-order valence-corrected chi connectivity index (χ4v) is 1.60. The predicted octanol–water partition coefficient (Wildman–Crippen LogP) is -2.02. The smallest absolute Gasteiger partial charge is 0.338 e. The molecule has 8 heteroatoms. The molecule has 21 heavy (non-hydrogen) atoms. The van der Waals surface area contributed by atoms with Gasteiger partial charge in [0.05, 0.1) is 18.8 Å². The molecule has 0 heterocycles. The number of phenols is 1. The minimum Gasteiger partial charge on any atom is -0.508 e. The van der Waals surface area contributed by atoms with Gasteiger partial charge in [0, 0.05) is 0 Å². The van der Waals surface area contributed by atoms with Crippen molar-refractivity contribution in [3.05, 3.63) is 29.8 Å². The van der Waals surface area contributed by atoms with Gasteiger partial charge in [-0.2, -0.15) is 0 Å². The Morgan fingerprint density at radius 2 is 1.52 bits per heavy atom. The first-order valence-corrected chi connectivity index (χ1v) is 6.16. The molecule has 0 aromatic heterocycles. The zero-order valence-electron chi connectivity index (χ0n) is 11.0. The fourth-order valence-electron chi connectivity index (χ4n) is 1.60. The number of ether oxygens (including phenoxy) is 1. The maximum absolute atomic E-state index is 11.9. The summed E-state index contributed by atoms with van der Waals surface area (Å²) in [6.45, 7) is -1.63. The number of carbonyl (C=O) groups excluding carboxylic acids is 1. The number of phenolic OH excluding ortho intramolecular Hbond substituents is 1. The molecular weight excluding hydrogens is 284 g/mol. The van der Waals surface area contributed by atoms with Gasteiger partial charge in [-0.25, -0.2) is 4.79 Å². The average Bonchev–Trinajstić information content (AvgIpc) is 2.50. The van der Waals surface area contributed by atoms with Crippen LogP contribution >= 0.6 is 0 Å². The van der Waals surface area contributed by atoms with E-state index >= 15 is 0 Å². The normalized spacial score (nSPS) is 16.8. The van der Waals surface area contributed by atoms with Crippen LogP contribution in [0.25, 0.3) is 0 Å². The molecule has 0 radical (unpaired) electrons. The third-order valence-corrected chi connectivity index (χ3v) is 2.83. The minimum absolute atomic E-state index is 0.0358. The zero-order chi connectivity index (χ0) is 16.0. The van der Waals surface area contributed by atoms with E-state index in [0.29, 0.717) is 0 Å². The van der Waals surface area contributed by atoms with E-state index in [1.807, 2.05) is 0 Å². The second-order valence-electron chi connectivity index (χ2n) is 4.41. The fraction of sp³-hybridized carbons (Fsp3) is 0.462. The van der Waals surface area contributed by atoms with Crippen LogP contribution in [0, 0.1) is 0 Å². The third kappa shape index (κ3) is 4.66. The highest BCUT2D eigenvalue weighted by molar-refractivity contribution is 5.89. The van der Waals surface area contributed by atoms with Crippen molar-refractivity contribution in [2.45, 2.75) is 24.4 Å². The Hall–Kier alpha value is -1.71. The molecule has 8 nitrogen and oxygen atoms in total. The van der Waals surface area contributed by atoms with Crippen molar-refractivity contribution in [2.24, 2.45) is 0 Å². The van der Waals surface area contributed by atoms with Gasteiger partial charge in [-0.1, -0.05) is 0 Å². The minimum atomic E-state index is -1.78. The molecule has 0 unspecified atom stereocenters. The molecule has 0 saturated heterocycles. The van der Waals surface area contributed by atoms with Crippen molar-refractivity contribution in [2.75, 3.05) is 13.2 Å². The molecule has 0 amide bonds. The van der Waals surface area contributed by atoms with Crippen molar-refractivity contribution in [3.8, 4) is 5.75 Å². The summed E-state index contributed by atoms with van der Waals surface area (Å²) < 4.78 is 4.86. The van der Waals surface area contributed by atoms with Gasteiger partial charge in [0.2, 0.25) is 0 Å². The first kappa shape index (κ1) is 17.3. The predicted molar refractivity (Wildman–Crippen MR) is 69.5 cm³/mol. The quantitative estimate of drug-likeness (QED) is 0.316. The van der Waals surface area contributed by atoms with Crippen LogP contribution in [-0.4, -0.2) is 74.2 Å². The van der Waals surface area contributed by atoms with E-state index in [9.17, 15) is 20.1 Å². The summed E-state index contributed by atoms with van der Waals surface area (Å²) in [6, 6.07) is 5.00. The van der Waals surface area contributed by atoms with Gasteiger partial charge in [0.1, 0.15) is 24.1 Å². The molecule has 6 N–H and O–H groups in total. The highest BCUT2D eigenvalue weighted by atomic mass is 16.6. The Balaban J connectivity index is 2.85. The van der Waals surface area contributed by atoms with Crippen molar-refractivity contribution in [1.82, 2.24) is 0 Å². The Morgan fingerprint density at radius 1 is 1.00 bits per heavy atom. The molecule has 1 aromatic carbocycles. The summed E-state index contributed by atoms with van der Waals surface area (Å²) in [5, 5.41) is 55.4. The molecule has 0 fully saturated rings. The van der Waals surface area contributed by atoms with Crippen LogP contribution in [0.1, 0.15) is 10.4 Å². The van der Waals surface area contributed by atoms with Crippen LogP contribution in [0.2, 0.25) is 0 Å². The Morgan fingerprint density at radius 3 is 2.00 bits per heavy atom. The lowest BCUT2D eigenvalue weighted by Gasteiger charge is -2.28. The van der Waals surface area contributed by atoms with E-state index in [1.54, 1.807) is 0 Å². The molecule has 1 rings (SSSR count). The lowest BCUT2D eigenvalue weighted by molar-refractivity contribution is -0.128. The number of rotatable bonds is 7. The van der Waals surface area contributed by atoms with Crippen LogP contribution in [0.15, 0.2) is 24.3 Å². The highest BCUT2D eigenvalue weighted by Gasteiger charge is 2.35. The monoisotopic (exact) mass is 302 g/mol. The van der Waals surface area contributed by atoms with Gasteiger partial charge in [0.25, 0.3) is 0 Å². The van der Waals surface area contributed by atoms with Crippen LogP contribution in [0.3, 0.4) is 0 Å². The molecule has 118 valence electrons. The Bertz CT molecular complexity index is 446. The number of esters is 1. The van der Waals surface area contributed by atoms with Crippen molar-refractivity contribution < 1.29 is 40.2 Å².